The topological polar surface area (TPSA) is 79.0 Å². The normalized spacial score (nSPS) is 18.5. The fourth-order valence-electron chi connectivity index (χ4n) is 4.44. The van der Waals surface area contributed by atoms with Gasteiger partial charge in [-0.05, 0) is 41.7 Å². The summed E-state index contributed by atoms with van der Waals surface area (Å²) >= 11 is 11.9. The van der Waals surface area contributed by atoms with Crippen LogP contribution in [0.5, 0.6) is 0 Å². The van der Waals surface area contributed by atoms with Crippen molar-refractivity contribution in [2.45, 2.75) is 31.7 Å². The molecule has 2 saturated heterocycles. The molecule has 2 fully saturated rings. The minimum absolute atomic E-state index is 0.0241. The lowest BCUT2D eigenvalue weighted by Crippen LogP contribution is -2.43. The van der Waals surface area contributed by atoms with Gasteiger partial charge in [0.1, 0.15) is 0 Å². The number of rotatable bonds is 8. The van der Waals surface area contributed by atoms with E-state index in [-0.39, 0.29) is 17.6 Å². The number of nitrogens with one attached hydrogen (secondary N) is 1. The quantitative estimate of drug-likeness (QED) is 0.553. The highest BCUT2D eigenvalue weighted by molar-refractivity contribution is 7.88. The van der Waals surface area contributed by atoms with Crippen LogP contribution in [0, 0.1) is 5.92 Å². The standard InChI is InChI=1S/C25H31Cl2N3O4S/c26-23-6-5-21(15-24(23)27)18-35(32,33)30-9-7-22(8-10-30)25(31)28-16-19-1-3-20(4-2-19)17-29-11-13-34-14-12-29/h1-6,15,22H,7-14,16-18H2,(H,28,31). The van der Waals surface area contributed by atoms with E-state index >= 15 is 0 Å². The molecular weight excluding hydrogens is 509 g/mol. The van der Waals surface area contributed by atoms with Gasteiger partial charge in [-0.2, -0.15) is 0 Å². The van der Waals surface area contributed by atoms with Gasteiger partial charge in [-0.25, -0.2) is 12.7 Å². The summed E-state index contributed by atoms with van der Waals surface area (Å²) in [5.74, 6) is -0.349. The molecule has 2 aliphatic heterocycles. The highest BCUT2D eigenvalue weighted by atomic mass is 35.5. The third kappa shape index (κ3) is 7.41. The van der Waals surface area contributed by atoms with Gasteiger partial charge in [0.25, 0.3) is 0 Å². The Labute approximate surface area is 217 Å². The predicted molar refractivity (Wildman–Crippen MR) is 138 cm³/mol. The molecule has 10 heteroatoms. The average Bonchev–Trinajstić information content (AvgIpc) is 2.86. The van der Waals surface area contributed by atoms with Crippen molar-refractivity contribution in [3.8, 4) is 0 Å². The van der Waals surface area contributed by atoms with Crippen molar-refractivity contribution in [3.05, 3.63) is 69.2 Å². The summed E-state index contributed by atoms with van der Waals surface area (Å²) < 4.78 is 32.5. The van der Waals surface area contributed by atoms with Crippen molar-refractivity contribution in [2.75, 3.05) is 39.4 Å². The number of piperidine rings is 1. The monoisotopic (exact) mass is 539 g/mol. The van der Waals surface area contributed by atoms with Gasteiger partial charge < -0.3 is 10.1 Å². The van der Waals surface area contributed by atoms with E-state index in [2.05, 4.69) is 22.3 Å². The van der Waals surface area contributed by atoms with Crippen molar-refractivity contribution in [2.24, 2.45) is 5.92 Å². The Morgan fingerprint density at radius 2 is 1.54 bits per heavy atom. The summed E-state index contributed by atoms with van der Waals surface area (Å²) in [6, 6.07) is 13.2. The SMILES string of the molecule is O=C(NCc1ccc(CN2CCOCC2)cc1)C1CCN(S(=O)(=O)Cc2ccc(Cl)c(Cl)c2)CC1. The maximum absolute atomic E-state index is 12.8. The number of morpholine rings is 1. The molecular formula is C25H31Cl2N3O4S. The number of ether oxygens (including phenoxy) is 1. The molecule has 1 amide bonds. The van der Waals surface area contributed by atoms with Gasteiger partial charge >= 0.3 is 0 Å². The van der Waals surface area contributed by atoms with Crippen LogP contribution in [0.2, 0.25) is 10.0 Å². The fraction of sp³-hybridized carbons (Fsp3) is 0.480. The van der Waals surface area contributed by atoms with Gasteiger partial charge in [0.2, 0.25) is 15.9 Å². The van der Waals surface area contributed by atoms with Crippen molar-refractivity contribution < 1.29 is 17.9 Å². The number of amides is 1. The smallest absolute Gasteiger partial charge is 0.223 e. The summed E-state index contributed by atoms with van der Waals surface area (Å²) in [5.41, 5.74) is 2.89. The van der Waals surface area contributed by atoms with Crippen LogP contribution < -0.4 is 5.32 Å². The van der Waals surface area contributed by atoms with Crippen LogP contribution >= 0.6 is 23.2 Å². The molecule has 0 unspecified atom stereocenters. The first-order chi connectivity index (χ1) is 16.8. The van der Waals surface area contributed by atoms with Gasteiger partial charge in [-0.1, -0.05) is 53.5 Å². The molecule has 35 heavy (non-hydrogen) atoms. The summed E-state index contributed by atoms with van der Waals surface area (Å²) in [6.07, 6.45) is 1.01. The van der Waals surface area contributed by atoms with Crippen LogP contribution in [-0.2, 0) is 38.4 Å². The molecule has 2 aromatic rings. The number of sulfonamides is 1. The minimum Gasteiger partial charge on any atom is -0.379 e. The maximum Gasteiger partial charge on any atom is 0.223 e. The van der Waals surface area contributed by atoms with E-state index < -0.39 is 10.0 Å². The van der Waals surface area contributed by atoms with Crippen molar-refractivity contribution >= 4 is 39.1 Å². The zero-order valence-electron chi connectivity index (χ0n) is 19.6. The van der Waals surface area contributed by atoms with Crippen LogP contribution in [0.1, 0.15) is 29.5 Å². The number of hydrogen-bond acceptors (Lipinski definition) is 5. The van der Waals surface area contributed by atoms with E-state index in [1.54, 1.807) is 18.2 Å². The second-order valence-electron chi connectivity index (χ2n) is 9.10. The van der Waals surface area contributed by atoms with Gasteiger partial charge in [0.15, 0.2) is 0 Å². The zero-order chi connectivity index (χ0) is 24.8. The average molecular weight is 541 g/mol. The van der Waals surface area contributed by atoms with Crippen molar-refractivity contribution in [1.29, 1.82) is 0 Å². The summed E-state index contributed by atoms with van der Waals surface area (Å²) in [4.78, 5) is 15.1. The molecule has 190 valence electrons. The molecule has 0 radical (unpaired) electrons. The number of carbonyl (C=O) groups is 1. The lowest BCUT2D eigenvalue weighted by molar-refractivity contribution is -0.126. The summed E-state index contributed by atoms with van der Waals surface area (Å²) in [6.45, 7) is 5.50. The minimum atomic E-state index is -3.50. The molecule has 7 nitrogen and oxygen atoms in total. The molecule has 0 aliphatic carbocycles. The molecule has 0 bridgehead atoms. The largest absolute Gasteiger partial charge is 0.379 e. The van der Waals surface area contributed by atoms with Crippen LogP contribution in [0.15, 0.2) is 42.5 Å². The van der Waals surface area contributed by atoms with Crippen LogP contribution in [0.25, 0.3) is 0 Å². The molecule has 0 spiro atoms. The van der Waals surface area contributed by atoms with Crippen LogP contribution in [-0.4, -0.2) is 62.9 Å². The number of hydrogen-bond donors (Lipinski definition) is 1. The number of carbonyl (C=O) groups excluding carboxylic acids is 1. The maximum atomic E-state index is 12.8. The number of nitrogens with zero attached hydrogens (tertiary/aromatic N) is 2. The lowest BCUT2D eigenvalue weighted by Gasteiger charge is -2.30. The third-order valence-electron chi connectivity index (χ3n) is 6.55. The van der Waals surface area contributed by atoms with E-state index in [9.17, 15) is 13.2 Å². The fourth-order valence-corrected chi connectivity index (χ4v) is 6.31. The van der Waals surface area contributed by atoms with E-state index in [1.165, 1.54) is 9.87 Å². The van der Waals surface area contributed by atoms with Crippen molar-refractivity contribution in [3.63, 3.8) is 0 Å². The third-order valence-corrected chi connectivity index (χ3v) is 9.14. The predicted octanol–water partition coefficient (Wildman–Crippen LogP) is 3.68. The highest BCUT2D eigenvalue weighted by Crippen LogP contribution is 2.26. The molecule has 4 rings (SSSR count). The van der Waals surface area contributed by atoms with E-state index in [4.69, 9.17) is 27.9 Å². The Kier molecular flexibility index (Phi) is 9.07. The molecule has 2 aliphatic rings. The van der Waals surface area contributed by atoms with Gasteiger partial charge in [0.05, 0.1) is 29.0 Å². The summed E-state index contributed by atoms with van der Waals surface area (Å²) in [5, 5.41) is 3.74. The first kappa shape index (κ1) is 26.4. The Hall–Kier alpha value is -1.68. The van der Waals surface area contributed by atoms with E-state index in [0.717, 1.165) is 38.4 Å². The molecule has 0 aromatic heterocycles. The number of halogens is 2. The Morgan fingerprint density at radius 1 is 0.914 bits per heavy atom. The Balaban J connectivity index is 1.22. The molecule has 0 atom stereocenters. The van der Waals surface area contributed by atoms with E-state index in [1.807, 2.05) is 12.1 Å². The first-order valence-corrected chi connectivity index (χ1v) is 14.2. The van der Waals surface area contributed by atoms with Gasteiger partial charge in [-0.3, -0.25) is 9.69 Å². The second kappa shape index (κ2) is 12.0. The Bertz CT molecular complexity index is 1110. The molecule has 2 heterocycles. The molecule has 0 saturated carbocycles. The highest BCUT2D eigenvalue weighted by Gasteiger charge is 2.31. The van der Waals surface area contributed by atoms with Gasteiger partial charge in [-0.15, -0.1) is 0 Å². The molecule has 2 aromatic carbocycles. The van der Waals surface area contributed by atoms with E-state index in [0.29, 0.717) is 48.1 Å². The zero-order valence-corrected chi connectivity index (χ0v) is 21.9. The van der Waals surface area contributed by atoms with Crippen LogP contribution in [0.4, 0.5) is 0 Å². The summed E-state index contributed by atoms with van der Waals surface area (Å²) in [7, 11) is -3.50. The van der Waals surface area contributed by atoms with Gasteiger partial charge in [0, 0.05) is 45.2 Å². The second-order valence-corrected chi connectivity index (χ2v) is 11.9. The van der Waals surface area contributed by atoms with Crippen LogP contribution in [0.3, 0.4) is 0 Å². The Morgan fingerprint density at radius 3 is 2.20 bits per heavy atom. The molecule has 1 N–H and O–H groups in total. The number of benzene rings is 2. The van der Waals surface area contributed by atoms with Crippen molar-refractivity contribution in [1.82, 2.24) is 14.5 Å². The first-order valence-electron chi connectivity index (χ1n) is 11.9. The lowest BCUT2D eigenvalue weighted by atomic mass is 9.97.